The Kier molecular flexibility index (Phi) is 3.12. The molecule has 3 nitrogen and oxygen atoms in total. The molecule has 0 bridgehead atoms. The molecule has 1 fully saturated rings. The summed E-state index contributed by atoms with van der Waals surface area (Å²) in [6.07, 6.45) is 1.20. The van der Waals surface area contributed by atoms with E-state index >= 15 is 0 Å². The van der Waals surface area contributed by atoms with Crippen LogP contribution < -0.4 is 4.90 Å². The third-order valence-electron chi connectivity index (χ3n) is 2.92. The van der Waals surface area contributed by atoms with E-state index in [4.69, 9.17) is 11.6 Å². The summed E-state index contributed by atoms with van der Waals surface area (Å²) in [6.45, 7) is 2.11. The fourth-order valence-corrected chi connectivity index (χ4v) is 2.10. The molecule has 0 aliphatic carbocycles. The Morgan fingerprint density at radius 1 is 1.47 bits per heavy atom. The molecule has 0 N–H and O–H groups in total. The average molecular weight is 226 g/mol. The summed E-state index contributed by atoms with van der Waals surface area (Å²) in [5.41, 5.74) is 0. The highest BCUT2D eigenvalue weighted by atomic mass is 35.5. The standard InChI is InChI=1S/C11H16ClN3/c1-14(2)9-6-7-15(8-9)11-5-3-4-10(12)13-11/h3-5,9H,6-8H2,1-2H3. The minimum atomic E-state index is 0.570. The minimum absolute atomic E-state index is 0.570. The molecule has 1 saturated heterocycles. The maximum absolute atomic E-state index is 5.87. The molecule has 0 spiro atoms. The topological polar surface area (TPSA) is 19.4 Å². The fraction of sp³-hybridized carbons (Fsp3) is 0.545. The minimum Gasteiger partial charge on any atom is -0.355 e. The number of anilines is 1. The number of likely N-dealkylation sites (N-methyl/N-ethyl adjacent to an activating group) is 1. The molecule has 0 saturated carbocycles. The lowest BCUT2D eigenvalue weighted by molar-refractivity contribution is 0.315. The molecular weight excluding hydrogens is 210 g/mol. The Morgan fingerprint density at radius 3 is 2.87 bits per heavy atom. The van der Waals surface area contributed by atoms with Crippen LogP contribution in [-0.4, -0.2) is 43.1 Å². The first kappa shape index (κ1) is 10.7. The largest absolute Gasteiger partial charge is 0.355 e. The van der Waals surface area contributed by atoms with Gasteiger partial charge in [-0.05, 0) is 32.6 Å². The lowest BCUT2D eigenvalue weighted by Crippen LogP contribution is -2.31. The van der Waals surface area contributed by atoms with E-state index in [1.54, 1.807) is 0 Å². The van der Waals surface area contributed by atoms with Gasteiger partial charge in [-0.3, -0.25) is 0 Å². The van der Waals surface area contributed by atoms with Crippen LogP contribution in [-0.2, 0) is 0 Å². The van der Waals surface area contributed by atoms with Crippen molar-refractivity contribution in [1.29, 1.82) is 0 Å². The van der Waals surface area contributed by atoms with Gasteiger partial charge < -0.3 is 9.80 Å². The van der Waals surface area contributed by atoms with Crippen molar-refractivity contribution in [3.8, 4) is 0 Å². The van der Waals surface area contributed by atoms with Crippen LogP contribution in [0.4, 0.5) is 5.82 Å². The van der Waals surface area contributed by atoms with E-state index in [9.17, 15) is 0 Å². The third kappa shape index (κ3) is 2.41. The number of rotatable bonds is 2. The summed E-state index contributed by atoms with van der Waals surface area (Å²) in [6, 6.07) is 6.41. The summed E-state index contributed by atoms with van der Waals surface area (Å²) in [4.78, 5) is 8.88. The Hall–Kier alpha value is -0.800. The second-order valence-corrected chi connectivity index (χ2v) is 4.56. The number of hydrogen-bond donors (Lipinski definition) is 0. The highest BCUT2D eigenvalue weighted by molar-refractivity contribution is 6.29. The van der Waals surface area contributed by atoms with Gasteiger partial charge in [-0.25, -0.2) is 4.98 Å². The molecule has 1 aromatic heterocycles. The zero-order valence-corrected chi connectivity index (χ0v) is 9.91. The molecule has 1 aliphatic heterocycles. The Balaban J connectivity index is 2.08. The van der Waals surface area contributed by atoms with Gasteiger partial charge in [0, 0.05) is 19.1 Å². The van der Waals surface area contributed by atoms with E-state index < -0.39 is 0 Å². The van der Waals surface area contributed by atoms with Crippen LogP contribution in [0.2, 0.25) is 5.15 Å². The van der Waals surface area contributed by atoms with E-state index in [1.165, 1.54) is 6.42 Å². The van der Waals surface area contributed by atoms with Crippen LogP contribution in [0, 0.1) is 0 Å². The van der Waals surface area contributed by atoms with Crippen molar-refractivity contribution in [3.63, 3.8) is 0 Å². The number of hydrogen-bond acceptors (Lipinski definition) is 3. The smallest absolute Gasteiger partial charge is 0.131 e. The van der Waals surface area contributed by atoms with Crippen molar-refractivity contribution in [2.75, 3.05) is 32.1 Å². The molecule has 1 atom stereocenters. The van der Waals surface area contributed by atoms with Gasteiger partial charge in [-0.15, -0.1) is 0 Å². The molecule has 1 unspecified atom stereocenters. The number of aromatic nitrogens is 1. The van der Waals surface area contributed by atoms with E-state index in [1.807, 2.05) is 18.2 Å². The maximum atomic E-state index is 5.87. The van der Waals surface area contributed by atoms with Gasteiger partial charge in [0.1, 0.15) is 11.0 Å². The monoisotopic (exact) mass is 225 g/mol. The van der Waals surface area contributed by atoms with Gasteiger partial charge in [0.15, 0.2) is 0 Å². The lowest BCUT2D eigenvalue weighted by Gasteiger charge is -2.21. The Labute approximate surface area is 95.7 Å². The fourth-order valence-electron chi connectivity index (χ4n) is 1.95. The summed E-state index contributed by atoms with van der Waals surface area (Å²) in [5.74, 6) is 0.992. The summed E-state index contributed by atoms with van der Waals surface area (Å²) < 4.78 is 0. The molecule has 2 rings (SSSR count). The molecule has 0 amide bonds. The summed E-state index contributed by atoms with van der Waals surface area (Å²) in [5, 5.41) is 0.570. The van der Waals surface area contributed by atoms with Crippen LogP contribution in [0.25, 0.3) is 0 Å². The molecule has 2 heterocycles. The van der Waals surface area contributed by atoms with Crippen LogP contribution in [0.15, 0.2) is 18.2 Å². The molecule has 0 aromatic carbocycles. The normalized spacial score (nSPS) is 21.3. The predicted molar refractivity (Wildman–Crippen MR) is 63.6 cm³/mol. The molecule has 15 heavy (non-hydrogen) atoms. The van der Waals surface area contributed by atoms with Crippen molar-refractivity contribution in [1.82, 2.24) is 9.88 Å². The molecular formula is C11H16ClN3. The van der Waals surface area contributed by atoms with Crippen LogP contribution in [0.5, 0.6) is 0 Å². The molecule has 82 valence electrons. The first-order chi connectivity index (χ1) is 7.16. The van der Waals surface area contributed by atoms with Gasteiger partial charge in [-0.1, -0.05) is 17.7 Å². The van der Waals surface area contributed by atoms with Crippen molar-refractivity contribution in [3.05, 3.63) is 23.4 Å². The maximum Gasteiger partial charge on any atom is 0.131 e. The molecule has 1 aromatic rings. The van der Waals surface area contributed by atoms with E-state index in [0.717, 1.165) is 18.9 Å². The summed E-state index contributed by atoms with van der Waals surface area (Å²) >= 11 is 5.87. The zero-order valence-electron chi connectivity index (χ0n) is 9.15. The van der Waals surface area contributed by atoms with E-state index in [2.05, 4.69) is 28.9 Å². The van der Waals surface area contributed by atoms with Crippen molar-refractivity contribution in [2.45, 2.75) is 12.5 Å². The second kappa shape index (κ2) is 4.37. The van der Waals surface area contributed by atoms with Crippen molar-refractivity contribution >= 4 is 17.4 Å². The number of nitrogens with zero attached hydrogens (tertiary/aromatic N) is 3. The number of pyridine rings is 1. The second-order valence-electron chi connectivity index (χ2n) is 4.17. The first-order valence-corrected chi connectivity index (χ1v) is 5.58. The van der Waals surface area contributed by atoms with Crippen molar-refractivity contribution < 1.29 is 0 Å². The van der Waals surface area contributed by atoms with Gasteiger partial charge >= 0.3 is 0 Å². The molecule has 1 aliphatic rings. The quantitative estimate of drug-likeness (QED) is 0.717. The van der Waals surface area contributed by atoms with Gasteiger partial charge in [0.05, 0.1) is 0 Å². The van der Waals surface area contributed by atoms with Gasteiger partial charge in [0.2, 0.25) is 0 Å². The van der Waals surface area contributed by atoms with Crippen molar-refractivity contribution in [2.24, 2.45) is 0 Å². The Bertz CT molecular complexity index is 340. The third-order valence-corrected chi connectivity index (χ3v) is 3.13. The average Bonchev–Trinajstić information content (AvgIpc) is 2.66. The van der Waals surface area contributed by atoms with Crippen LogP contribution in [0.3, 0.4) is 0 Å². The molecule has 4 heteroatoms. The van der Waals surface area contributed by atoms with Crippen LogP contribution >= 0.6 is 11.6 Å². The highest BCUT2D eigenvalue weighted by Crippen LogP contribution is 2.21. The zero-order chi connectivity index (χ0) is 10.8. The Morgan fingerprint density at radius 2 is 2.27 bits per heavy atom. The predicted octanol–water partition coefficient (Wildman–Crippen LogP) is 1.88. The first-order valence-electron chi connectivity index (χ1n) is 5.21. The number of halogens is 1. The van der Waals surface area contributed by atoms with Gasteiger partial charge in [-0.2, -0.15) is 0 Å². The molecule has 0 radical (unpaired) electrons. The van der Waals surface area contributed by atoms with E-state index in [0.29, 0.717) is 11.2 Å². The van der Waals surface area contributed by atoms with Gasteiger partial charge in [0.25, 0.3) is 0 Å². The SMILES string of the molecule is CN(C)C1CCN(c2cccc(Cl)n2)C1. The summed E-state index contributed by atoms with van der Waals surface area (Å²) in [7, 11) is 4.25. The highest BCUT2D eigenvalue weighted by Gasteiger charge is 2.24. The lowest BCUT2D eigenvalue weighted by atomic mass is 10.2. The van der Waals surface area contributed by atoms with Crippen LogP contribution in [0.1, 0.15) is 6.42 Å². The van der Waals surface area contributed by atoms with E-state index in [-0.39, 0.29) is 0 Å².